The summed E-state index contributed by atoms with van der Waals surface area (Å²) in [6.45, 7) is 4.87. The van der Waals surface area contributed by atoms with Gasteiger partial charge in [-0.05, 0) is 83.5 Å². The molecule has 74 heavy (non-hydrogen) atoms. The summed E-state index contributed by atoms with van der Waals surface area (Å²) >= 11 is 0. The third kappa shape index (κ3) is 59.1. The van der Waals surface area contributed by atoms with E-state index in [-0.39, 0.29) is 18.5 Å². The van der Waals surface area contributed by atoms with Crippen molar-refractivity contribution < 1.29 is 24.5 Å². The van der Waals surface area contributed by atoms with E-state index in [0.717, 1.165) is 57.8 Å². The van der Waals surface area contributed by atoms with E-state index in [2.05, 4.69) is 55.6 Å². The Morgan fingerprint density at radius 1 is 0.378 bits per heavy atom. The highest BCUT2D eigenvalue weighted by molar-refractivity contribution is 5.76. The van der Waals surface area contributed by atoms with E-state index < -0.39 is 12.1 Å². The SMILES string of the molecule is CCCC/C=C\C/C=C\CCCCCCCC(=O)OCCCCCCCCCCC/C=C\CCCCCCCCCC(=O)NC(CO)C(O)/C=C/CCCCCCCCCCCCCCCCCCCCCCC. The number of hydrogen-bond donors (Lipinski definition) is 3. The topological polar surface area (TPSA) is 95.9 Å². The normalized spacial score (nSPS) is 12.9. The molecule has 1 amide bonds. The van der Waals surface area contributed by atoms with Gasteiger partial charge >= 0.3 is 5.97 Å². The van der Waals surface area contributed by atoms with Crippen LogP contribution >= 0.6 is 0 Å². The number of carbonyl (C=O) groups is 2. The lowest BCUT2D eigenvalue weighted by atomic mass is 10.0. The monoisotopic (exact) mass is 1040 g/mol. The van der Waals surface area contributed by atoms with Gasteiger partial charge in [-0.25, -0.2) is 0 Å². The second kappa shape index (κ2) is 63.4. The van der Waals surface area contributed by atoms with E-state index in [1.54, 1.807) is 6.08 Å². The fourth-order valence-electron chi connectivity index (χ4n) is 10.00. The molecule has 0 fully saturated rings. The number of ether oxygens (including phenoxy) is 1. The van der Waals surface area contributed by atoms with Crippen molar-refractivity contribution in [3.63, 3.8) is 0 Å². The summed E-state index contributed by atoms with van der Waals surface area (Å²) in [5.74, 6) is -0.0834. The number of unbranched alkanes of at least 4 members (excludes halogenated alkanes) is 44. The van der Waals surface area contributed by atoms with E-state index in [1.165, 1.54) is 263 Å². The Bertz CT molecular complexity index is 1240. The summed E-state index contributed by atoms with van der Waals surface area (Å²) in [6, 6.07) is -0.637. The third-order valence-corrected chi connectivity index (χ3v) is 15.1. The van der Waals surface area contributed by atoms with Crippen molar-refractivity contribution in [2.24, 2.45) is 0 Å². The zero-order chi connectivity index (χ0) is 53.6. The molecule has 0 bridgehead atoms. The summed E-state index contributed by atoms with van der Waals surface area (Å²) in [6.07, 6.45) is 81.6. The predicted molar refractivity (Wildman–Crippen MR) is 324 cm³/mol. The van der Waals surface area contributed by atoms with Gasteiger partial charge in [-0.3, -0.25) is 9.59 Å². The molecule has 0 aromatic carbocycles. The summed E-state index contributed by atoms with van der Waals surface area (Å²) < 4.78 is 5.47. The van der Waals surface area contributed by atoms with Gasteiger partial charge in [-0.1, -0.05) is 300 Å². The number of amides is 1. The van der Waals surface area contributed by atoms with Gasteiger partial charge in [0.2, 0.25) is 5.91 Å². The van der Waals surface area contributed by atoms with Crippen molar-refractivity contribution in [3.8, 4) is 0 Å². The number of carbonyl (C=O) groups excluding carboxylic acids is 2. The Balaban J connectivity index is 3.47. The van der Waals surface area contributed by atoms with Crippen molar-refractivity contribution in [1.82, 2.24) is 5.32 Å². The molecule has 0 radical (unpaired) electrons. The molecule has 0 aliphatic heterocycles. The molecule has 0 saturated heterocycles. The van der Waals surface area contributed by atoms with Crippen LogP contribution in [-0.4, -0.2) is 47.4 Å². The molecule has 0 aliphatic carbocycles. The molecule has 0 saturated carbocycles. The summed E-state index contributed by atoms with van der Waals surface area (Å²) in [4.78, 5) is 24.6. The van der Waals surface area contributed by atoms with Gasteiger partial charge in [0.05, 0.1) is 25.4 Å². The van der Waals surface area contributed by atoms with Gasteiger partial charge in [0.1, 0.15) is 0 Å². The number of allylic oxidation sites excluding steroid dienone is 7. The van der Waals surface area contributed by atoms with Crippen LogP contribution in [0.5, 0.6) is 0 Å². The minimum atomic E-state index is -0.852. The van der Waals surface area contributed by atoms with E-state index in [0.29, 0.717) is 19.4 Å². The standard InChI is InChI=1S/C68H127NO5/c1-3-5-7-9-11-13-15-17-19-20-21-22-23-24-27-30-33-36-40-44-48-52-56-60-66(71)65(64-70)69-67(72)61-57-53-49-45-41-37-34-31-28-25-26-29-32-35-39-43-47-51-55-59-63-74-68(73)62-58-54-50-46-42-38-18-16-14-12-10-8-6-4-2/h10,12,16,18,25,28,56,60,65-66,70-71H,3-9,11,13-15,17,19-24,26-27,29-55,57-59,61-64H2,1-2H3,(H,69,72)/b12-10-,18-16-,28-25-,60-56+. The van der Waals surface area contributed by atoms with Crippen LogP contribution in [0.15, 0.2) is 48.6 Å². The first-order valence-electron chi connectivity index (χ1n) is 32.9. The van der Waals surface area contributed by atoms with Crippen LogP contribution in [0, 0.1) is 0 Å². The van der Waals surface area contributed by atoms with Crippen LogP contribution < -0.4 is 5.32 Å². The first-order valence-corrected chi connectivity index (χ1v) is 32.9. The van der Waals surface area contributed by atoms with Crippen molar-refractivity contribution in [1.29, 1.82) is 0 Å². The molecule has 434 valence electrons. The predicted octanol–water partition coefficient (Wildman–Crippen LogP) is 20.9. The van der Waals surface area contributed by atoms with Crippen molar-refractivity contribution in [2.45, 2.75) is 360 Å². The van der Waals surface area contributed by atoms with Crippen molar-refractivity contribution >= 4 is 11.9 Å². The highest BCUT2D eigenvalue weighted by Gasteiger charge is 2.18. The first-order chi connectivity index (χ1) is 36.5. The van der Waals surface area contributed by atoms with Crippen LogP contribution in [0.4, 0.5) is 0 Å². The second-order valence-corrected chi connectivity index (χ2v) is 22.4. The Morgan fingerprint density at radius 3 is 1.08 bits per heavy atom. The van der Waals surface area contributed by atoms with Gasteiger partial charge in [-0.2, -0.15) is 0 Å². The fourth-order valence-corrected chi connectivity index (χ4v) is 10.00. The molecule has 0 rings (SSSR count). The quantitative estimate of drug-likeness (QED) is 0.0320. The molecule has 0 aromatic rings. The lowest BCUT2D eigenvalue weighted by Gasteiger charge is -2.20. The van der Waals surface area contributed by atoms with Crippen LogP contribution in [0.3, 0.4) is 0 Å². The van der Waals surface area contributed by atoms with E-state index >= 15 is 0 Å². The molecule has 6 nitrogen and oxygen atoms in total. The first kappa shape index (κ1) is 71.8. The van der Waals surface area contributed by atoms with Gasteiger partial charge in [0.15, 0.2) is 0 Å². The molecule has 0 heterocycles. The number of hydrogen-bond acceptors (Lipinski definition) is 5. The lowest BCUT2D eigenvalue weighted by molar-refractivity contribution is -0.143. The average molecular weight is 1040 g/mol. The van der Waals surface area contributed by atoms with Gasteiger partial charge in [-0.15, -0.1) is 0 Å². The molecule has 6 heteroatoms. The van der Waals surface area contributed by atoms with E-state index in [4.69, 9.17) is 4.74 Å². The van der Waals surface area contributed by atoms with Crippen LogP contribution in [0.25, 0.3) is 0 Å². The number of aliphatic hydroxyl groups is 2. The third-order valence-electron chi connectivity index (χ3n) is 15.1. The van der Waals surface area contributed by atoms with Gasteiger partial charge in [0.25, 0.3) is 0 Å². The number of nitrogens with one attached hydrogen (secondary N) is 1. The summed E-state index contributed by atoms with van der Waals surface area (Å²) in [5, 5.41) is 23.2. The minimum absolute atomic E-state index is 0.00905. The Kier molecular flexibility index (Phi) is 61.5. The molecule has 3 N–H and O–H groups in total. The number of aliphatic hydroxyl groups excluding tert-OH is 2. The average Bonchev–Trinajstić information content (AvgIpc) is 3.40. The molecule has 0 spiro atoms. The maximum atomic E-state index is 12.5. The molecule has 2 atom stereocenters. The largest absolute Gasteiger partial charge is 0.466 e. The molecular formula is C68H127NO5. The fraction of sp³-hybridized carbons (Fsp3) is 0.853. The minimum Gasteiger partial charge on any atom is -0.466 e. The zero-order valence-electron chi connectivity index (χ0n) is 49.6. The zero-order valence-corrected chi connectivity index (χ0v) is 49.6. The Labute approximate surface area is 461 Å². The van der Waals surface area contributed by atoms with Crippen molar-refractivity contribution in [3.05, 3.63) is 48.6 Å². The van der Waals surface area contributed by atoms with Crippen molar-refractivity contribution in [2.75, 3.05) is 13.2 Å². The van der Waals surface area contributed by atoms with E-state index in [1.807, 2.05) is 6.08 Å². The lowest BCUT2D eigenvalue weighted by Crippen LogP contribution is -2.45. The van der Waals surface area contributed by atoms with Gasteiger partial charge < -0.3 is 20.3 Å². The second-order valence-electron chi connectivity index (χ2n) is 22.4. The highest BCUT2D eigenvalue weighted by Crippen LogP contribution is 2.17. The summed E-state index contributed by atoms with van der Waals surface area (Å²) in [7, 11) is 0. The smallest absolute Gasteiger partial charge is 0.305 e. The molecular weight excluding hydrogens is 911 g/mol. The number of rotatable bonds is 61. The van der Waals surface area contributed by atoms with Crippen LogP contribution in [-0.2, 0) is 14.3 Å². The highest BCUT2D eigenvalue weighted by atomic mass is 16.5. The number of esters is 1. The Morgan fingerprint density at radius 2 is 0.689 bits per heavy atom. The maximum absolute atomic E-state index is 12.5. The summed E-state index contributed by atoms with van der Waals surface area (Å²) in [5.41, 5.74) is 0. The molecule has 0 aromatic heterocycles. The van der Waals surface area contributed by atoms with Gasteiger partial charge in [0, 0.05) is 12.8 Å². The molecule has 0 aliphatic rings. The Hall–Kier alpha value is -2.18. The van der Waals surface area contributed by atoms with E-state index in [9.17, 15) is 19.8 Å². The maximum Gasteiger partial charge on any atom is 0.305 e. The van der Waals surface area contributed by atoms with Crippen LogP contribution in [0.1, 0.15) is 348 Å². The van der Waals surface area contributed by atoms with Crippen LogP contribution in [0.2, 0.25) is 0 Å². The molecule has 2 unspecified atom stereocenters.